The molecule has 1 amide bonds. The summed E-state index contributed by atoms with van der Waals surface area (Å²) in [5, 5.41) is 9.67. The third-order valence-electron chi connectivity index (χ3n) is 3.30. The number of hydrogen-bond donors (Lipinski definition) is 1. The first-order valence-electron chi connectivity index (χ1n) is 6.14. The number of carboxylic acids is 1. The van der Waals surface area contributed by atoms with E-state index in [0.29, 0.717) is 18.3 Å². The van der Waals surface area contributed by atoms with Gasteiger partial charge in [-0.1, -0.05) is 0 Å². The van der Waals surface area contributed by atoms with Crippen molar-refractivity contribution in [3.63, 3.8) is 0 Å². The molecule has 19 heavy (non-hydrogen) atoms. The topological polar surface area (TPSA) is 70.5 Å². The summed E-state index contributed by atoms with van der Waals surface area (Å²) in [5.74, 6) is -1.40. The van der Waals surface area contributed by atoms with Gasteiger partial charge in [0.25, 0.3) is 5.91 Å². The van der Waals surface area contributed by atoms with Crippen LogP contribution in [-0.4, -0.2) is 51.5 Å². The normalized spacial score (nSPS) is 16.4. The van der Waals surface area contributed by atoms with E-state index < -0.39 is 5.97 Å². The zero-order chi connectivity index (χ0) is 13.8. The average molecular weight is 280 g/mol. The highest BCUT2D eigenvalue weighted by Crippen LogP contribution is 2.22. The average Bonchev–Trinajstić information content (AvgIpc) is 2.46. The Morgan fingerprint density at radius 1 is 1.42 bits per heavy atom. The molecule has 0 radical (unpaired) electrons. The van der Waals surface area contributed by atoms with E-state index in [9.17, 15) is 9.59 Å². The van der Waals surface area contributed by atoms with Crippen LogP contribution in [0.25, 0.3) is 0 Å². The third kappa shape index (κ3) is 3.07. The molecule has 0 saturated carbocycles. The summed E-state index contributed by atoms with van der Waals surface area (Å²) in [6.07, 6.45) is 5.42. The number of thioether (sulfide) groups is 1. The maximum absolute atomic E-state index is 12.3. The van der Waals surface area contributed by atoms with Gasteiger partial charge in [0.05, 0.1) is 5.56 Å². The molecule has 0 spiro atoms. The number of aromatic nitrogens is 1. The molecular weight excluding hydrogens is 264 g/mol. The van der Waals surface area contributed by atoms with Crippen molar-refractivity contribution in [2.75, 3.05) is 19.3 Å². The van der Waals surface area contributed by atoms with Crippen LogP contribution in [0.4, 0.5) is 0 Å². The van der Waals surface area contributed by atoms with Crippen molar-refractivity contribution < 1.29 is 14.7 Å². The number of carbonyl (C=O) groups excluding carboxylic acids is 1. The molecule has 1 fully saturated rings. The number of amides is 1. The van der Waals surface area contributed by atoms with E-state index in [1.807, 2.05) is 11.8 Å². The molecule has 1 aliphatic rings. The summed E-state index contributed by atoms with van der Waals surface area (Å²) in [4.78, 5) is 29.0. The molecule has 1 saturated heterocycles. The second-order valence-electron chi connectivity index (χ2n) is 4.43. The lowest BCUT2D eigenvalue weighted by atomic mass is 10.1. The minimum atomic E-state index is -1.12. The maximum Gasteiger partial charge on any atom is 0.338 e. The predicted octanol–water partition coefficient (Wildman–Crippen LogP) is 1.75. The first-order valence-corrected chi connectivity index (χ1v) is 7.42. The first-order chi connectivity index (χ1) is 9.13. The number of carbonyl (C=O) groups is 2. The zero-order valence-corrected chi connectivity index (χ0v) is 11.5. The van der Waals surface area contributed by atoms with Gasteiger partial charge in [0.15, 0.2) is 0 Å². The largest absolute Gasteiger partial charge is 0.478 e. The second kappa shape index (κ2) is 6.06. The van der Waals surface area contributed by atoms with Crippen molar-refractivity contribution >= 4 is 23.6 Å². The molecule has 6 heteroatoms. The molecule has 1 aromatic rings. The van der Waals surface area contributed by atoms with Gasteiger partial charge in [0.2, 0.25) is 0 Å². The molecule has 0 aliphatic carbocycles. The number of hydrogen-bond acceptors (Lipinski definition) is 4. The Kier molecular flexibility index (Phi) is 4.42. The molecule has 0 aromatic carbocycles. The summed E-state index contributed by atoms with van der Waals surface area (Å²) in [6, 6.07) is 2.94. The predicted molar refractivity (Wildman–Crippen MR) is 73.6 cm³/mol. The van der Waals surface area contributed by atoms with E-state index in [1.54, 1.807) is 4.90 Å². The van der Waals surface area contributed by atoms with Crippen molar-refractivity contribution in [2.45, 2.75) is 18.1 Å². The number of nitrogens with zero attached hydrogens (tertiary/aromatic N) is 2. The van der Waals surface area contributed by atoms with Gasteiger partial charge >= 0.3 is 5.97 Å². The summed E-state index contributed by atoms with van der Waals surface area (Å²) in [5.41, 5.74) is 0.0112. The van der Waals surface area contributed by atoms with E-state index in [2.05, 4.69) is 11.2 Å². The maximum atomic E-state index is 12.3. The smallest absolute Gasteiger partial charge is 0.338 e. The lowest BCUT2D eigenvalue weighted by molar-refractivity contribution is 0.0663. The molecule has 1 N–H and O–H groups in total. The molecule has 0 atom stereocenters. The van der Waals surface area contributed by atoms with E-state index in [0.717, 1.165) is 12.8 Å². The Morgan fingerprint density at radius 2 is 2.11 bits per heavy atom. The lowest BCUT2D eigenvalue weighted by Crippen LogP contribution is -2.40. The van der Waals surface area contributed by atoms with Gasteiger partial charge in [-0.05, 0) is 31.2 Å². The third-order valence-corrected chi connectivity index (χ3v) is 4.44. The van der Waals surface area contributed by atoms with Gasteiger partial charge in [-0.25, -0.2) is 4.79 Å². The summed E-state index contributed by atoms with van der Waals surface area (Å²) in [6.45, 7) is 1.33. The highest BCUT2D eigenvalue weighted by atomic mass is 32.2. The Balaban J connectivity index is 2.15. The summed E-state index contributed by atoms with van der Waals surface area (Å²) >= 11 is 1.82. The van der Waals surface area contributed by atoms with E-state index in [1.165, 1.54) is 18.3 Å². The number of rotatable bonds is 3. The highest BCUT2D eigenvalue weighted by molar-refractivity contribution is 7.99. The van der Waals surface area contributed by atoms with Gasteiger partial charge in [0, 0.05) is 24.5 Å². The van der Waals surface area contributed by atoms with Crippen LogP contribution in [0.15, 0.2) is 18.3 Å². The van der Waals surface area contributed by atoms with Crippen molar-refractivity contribution in [3.05, 3.63) is 29.6 Å². The number of aromatic carboxylic acids is 1. The summed E-state index contributed by atoms with van der Waals surface area (Å²) in [7, 11) is 0. The number of piperidine rings is 1. The standard InChI is InChI=1S/C13H16N2O3S/c1-19-9-4-7-15(8-5-9)12(16)11-10(13(17)18)3-2-6-14-11/h2-3,6,9H,4-5,7-8H2,1H3,(H,17,18). The molecular formula is C13H16N2O3S. The SMILES string of the molecule is CSC1CCN(C(=O)c2ncccc2C(=O)O)CC1. The van der Waals surface area contributed by atoms with Crippen molar-refractivity contribution in [1.29, 1.82) is 0 Å². The number of carboxylic acid groups (broad SMARTS) is 1. The van der Waals surface area contributed by atoms with Crippen LogP contribution in [0.3, 0.4) is 0 Å². The van der Waals surface area contributed by atoms with E-state index in [-0.39, 0.29) is 17.2 Å². The van der Waals surface area contributed by atoms with Gasteiger partial charge in [-0.2, -0.15) is 11.8 Å². The first kappa shape index (κ1) is 13.9. The van der Waals surface area contributed by atoms with Crippen LogP contribution in [0.2, 0.25) is 0 Å². The molecule has 102 valence electrons. The van der Waals surface area contributed by atoms with Gasteiger partial charge in [0.1, 0.15) is 5.69 Å². The second-order valence-corrected chi connectivity index (χ2v) is 5.57. The van der Waals surface area contributed by atoms with Gasteiger partial charge in [-0.15, -0.1) is 0 Å². The van der Waals surface area contributed by atoms with E-state index >= 15 is 0 Å². The van der Waals surface area contributed by atoms with Gasteiger partial charge in [-0.3, -0.25) is 9.78 Å². The van der Waals surface area contributed by atoms with Crippen LogP contribution in [0, 0.1) is 0 Å². The minimum Gasteiger partial charge on any atom is -0.478 e. The zero-order valence-electron chi connectivity index (χ0n) is 10.7. The molecule has 5 nitrogen and oxygen atoms in total. The van der Waals surface area contributed by atoms with Crippen molar-refractivity contribution in [1.82, 2.24) is 9.88 Å². The fourth-order valence-corrected chi connectivity index (χ4v) is 2.87. The lowest BCUT2D eigenvalue weighted by Gasteiger charge is -2.31. The monoisotopic (exact) mass is 280 g/mol. The Labute approximate surface area is 116 Å². The quantitative estimate of drug-likeness (QED) is 0.913. The highest BCUT2D eigenvalue weighted by Gasteiger charge is 2.26. The fourth-order valence-electron chi connectivity index (χ4n) is 2.19. The number of likely N-dealkylation sites (tertiary alicyclic amines) is 1. The minimum absolute atomic E-state index is 0.0283. The Hall–Kier alpha value is -1.56. The molecule has 2 heterocycles. The van der Waals surface area contributed by atoms with Crippen molar-refractivity contribution in [2.24, 2.45) is 0 Å². The molecule has 2 rings (SSSR count). The molecule has 1 aromatic heterocycles. The van der Waals surface area contributed by atoms with Crippen LogP contribution >= 0.6 is 11.8 Å². The van der Waals surface area contributed by atoms with Crippen molar-refractivity contribution in [3.8, 4) is 0 Å². The fraction of sp³-hybridized carbons (Fsp3) is 0.462. The Morgan fingerprint density at radius 3 is 2.68 bits per heavy atom. The Bertz CT molecular complexity index is 485. The van der Waals surface area contributed by atoms with Gasteiger partial charge < -0.3 is 10.0 Å². The van der Waals surface area contributed by atoms with Crippen LogP contribution in [-0.2, 0) is 0 Å². The molecule has 0 bridgehead atoms. The van der Waals surface area contributed by atoms with Crippen LogP contribution in [0.1, 0.15) is 33.7 Å². The van der Waals surface area contributed by atoms with Crippen LogP contribution < -0.4 is 0 Å². The molecule has 1 aliphatic heterocycles. The molecule has 0 unspecified atom stereocenters. The van der Waals surface area contributed by atoms with Crippen LogP contribution in [0.5, 0.6) is 0 Å². The number of pyridine rings is 1. The van der Waals surface area contributed by atoms with E-state index in [4.69, 9.17) is 5.11 Å². The summed E-state index contributed by atoms with van der Waals surface area (Å²) < 4.78 is 0.